The van der Waals surface area contributed by atoms with Gasteiger partial charge in [0.05, 0.1) is 0 Å². The van der Waals surface area contributed by atoms with E-state index in [-0.39, 0.29) is 5.78 Å². The standard InChI is InChI=1S/C24H18BO2/c1-25-27-24(22-13-11-18-7-3-5-9-20(18)15-22)16-23(26)21-12-10-17-6-2-4-8-19(17)14-21/h2-16H,1H3/b24-16-. The summed E-state index contributed by atoms with van der Waals surface area (Å²) < 4.78 is 5.67. The lowest BCUT2D eigenvalue weighted by atomic mass is 10.0. The molecule has 0 N–H and O–H groups in total. The van der Waals surface area contributed by atoms with Crippen molar-refractivity contribution in [2.45, 2.75) is 6.82 Å². The van der Waals surface area contributed by atoms with E-state index in [1.54, 1.807) is 20.4 Å². The van der Waals surface area contributed by atoms with Crippen molar-refractivity contribution in [1.82, 2.24) is 0 Å². The van der Waals surface area contributed by atoms with Gasteiger partial charge in [-0.2, -0.15) is 0 Å². The summed E-state index contributed by atoms with van der Waals surface area (Å²) in [6.45, 7) is 1.80. The van der Waals surface area contributed by atoms with Crippen molar-refractivity contribution < 1.29 is 9.45 Å². The molecule has 0 atom stereocenters. The molecule has 0 unspecified atom stereocenters. The Labute approximate surface area is 159 Å². The molecule has 0 heterocycles. The molecule has 4 aromatic rings. The summed E-state index contributed by atoms with van der Waals surface area (Å²) in [7, 11) is 1.59. The van der Waals surface area contributed by atoms with Crippen molar-refractivity contribution in [3.63, 3.8) is 0 Å². The first-order valence-corrected chi connectivity index (χ1v) is 8.93. The summed E-state index contributed by atoms with van der Waals surface area (Å²) in [6.07, 6.45) is 1.56. The van der Waals surface area contributed by atoms with Crippen LogP contribution >= 0.6 is 0 Å². The first kappa shape index (κ1) is 17.1. The van der Waals surface area contributed by atoms with Crippen LogP contribution < -0.4 is 0 Å². The fourth-order valence-electron chi connectivity index (χ4n) is 3.20. The van der Waals surface area contributed by atoms with Crippen molar-refractivity contribution >= 4 is 40.6 Å². The molecule has 3 heteroatoms. The second-order valence-electron chi connectivity index (χ2n) is 6.35. The first-order valence-electron chi connectivity index (χ1n) is 8.93. The Morgan fingerprint density at radius 1 is 0.741 bits per heavy atom. The van der Waals surface area contributed by atoms with Gasteiger partial charge in [0.2, 0.25) is 0 Å². The molecule has 0 saturated carbocycles. The lowest BCUT2D eigenvalue weighted by Crippen LogP contribution is -2.01. The maximum atomic E-state index is 12.8. The molecule has 0 saturated heterocycles. The van der Waals surface area contributed by atoms with E-state index >= 15 is 0 Å². The van der Waals surface area contributed by atoms with Crippen LogP contribution in [0.1, 0.15) is 15.9 Å². The van der Waals surface area contributed by atoms with Crippen LogP contribution in [0.5, 0.6) is 0 Å². The van der Waals surface area contributed by atoms with E-state index in [4.69, 9.17) is 4.65 Å². The average molecular weight is 349 g/mol. The molecule has 0 aromatic heterocycles. The molecule has 129 valence electrons. The molecule has 0 amide bonds. The second-order valence-corrected chi connectivity index (χ2v) is 6.35. The number of benzene rings is 4. The molecule has 0 aliphatic carbocycles. The van der Waals surface area contributed by atoms with Crippen LogP contribution in [0.15, 0.2) is 91.0 Å². The summed E-state index contributed by atoms with van der Waals surface area (Å²) in [4.78, 5) is 12.8. The van der Waals surface area contributed by atoms with E-state index in [0.717, 1.165) is 27.1 Å². The smallest absolute Gasteiger partial charge is 0.366 e. The molecular weight excluding hydrogens is 331 g/mol. The van der Waals surface area contributed by atoms with Crippen LogP contribution in [0.3, 0.4) is 0 Å². The Balaban J connectivity index is 1.72. The molecular formula is C24H18BO2. The fourth-order valence-corrected chi connectivity index (χ4v) is 3.20. The van der Waals surface area contributed by atoms with Gasteiger partial charge in [0.15, 0.2) is 5.78 Å². The zero-order valence-corrected chi connectivity index (χ0v) is 15.1. The van der Waals surface area contributed by atoms with Gasteiger partial charge < -0.3 is 4.65 Å². The van der Waals surface area contributed by atoms with E-state index in [1.807, 2.05) is 72.8 Å². The van der Waals surface area contributed by atoms with Gasteiger partial charge in [-0.05, 0) is 33.7 Å². The molecule has 0 aliphatic heterocycles. The number of hydrogen-bond donors (Lipinski definition) is 0. The third kappa shape index (κ3) is 3.63. The second kappa shape index (κ2) is 7.51. The Kier molecular flexibility index (Phi) is 4.76. The van der Waals surface area contributed by atoms with Crippen molar-refractivity contribution in [3.8, 4) is 0 Å². The molecule has 0 aliphatic rings. The van der Waals surface area contributed by atoms with Crippen LogP contribution in [0.4, 0.5) is 0 Å². The van der Waals surface area contributed by atoms with Crippen molar-refractivity contribution in [2.75, 3.05) is 0 Å². The third-order valence-electron chi connectivity index (χ3n) is 4.57. The van der Waals surface area contributed by atoms with Gasteiger partial charge in [0.1, 0.15) is 5.76 Å². The molecule has 0 spiro atoms. The third-order valence-corrected chi connectivity index (χ3v) is 4.57. The van der Waals surface area contributed by atoms with Crippen LogP contribution in [0.25, 0.3) is 27.3 Å². The number of ketones is 1. The van der Waals surface area contributed by atoms with Crippen LogP contribution in [0, 0.1) is 0 Å². The van der Waals surface area contributed by atoms with Crippen molar-refractivity contribution in [1.29, 1.82) is 0 Å². The van der Waals surface area contributed by atoms with E-state index in [1.165, 1.54) is 0 Å². The maximum Gasteiger partial charge on any atom is 0.366 e. The molecule has 1 radical (unpaired) electrons. The topological polar surface area (TPSA) is 26.3 Å². The maximum absolute atomic E-state index is 12.8. The minimum Gasteiger partial charge on any atom is -0.563 e. The minimum absolute atomic E-state index is 0.0780. The lowest BCUT2D eigenvalue weighted by Gasteiger charge is -2.10. The first-order chi connectivity index (χ1) is 13.2. The number of allylic oxidation sites excluding steroid dienone is 1. The quantitative estimate of drug-likeness (QED) is 0.194. The monoisotopic (exact) mass is 349 g/mol. The summed E-state index contributed by atoms with van der Waals surface area (Å²) in [5, 5.41) is 4.43. The fraction of sp³-hybridized carbons (Fsp3) is 0.0417. The molecule has 0 bridgehead atoms. The van der Waals surface area contributed by atoms with Gasteiger partial charge in [-0.1, -0.05) is 79.6 Å². The summed E-state index contributed by atoms with van der Waals surface area (Å²) >= 11 is 0. The number of fused-ring (bicyclic) bond motifs is 2. The molecule has 4 rings (SSSR count). The Bertz CT molecular complexity index is 1160. The van der Waals surface area contributed by atoms with Crippen LogP contribution in [-0.4, -0.2) is 13.3 Å². The Hall–Kier alpha value is -3.33. The van der Waals surface area contributed by atoms with Gasteiger partial charge in [-0.25, -0.2) is 0 Å². The summed E-state index contributed by atoms with van der Waals surface area (Å²) in [5.41, 5.74) is 1.52. The highest BCUT2D eigenvalue weighted by atomic mass is 16.4. The largest absolute Gasteiger partial charge is 0.563 e. The van der Waals surface area contributed by atoms with Gasteiger partial charge in [0.25, 0.3) is 0 Å². The minimum atomic E-state index is -0.0780. The van der Waals surface area contributed by atoms with Gasteiger partial charge >= 0.3 is 7.48 Å². The number of carbonyl (C=O) groups excluding carboxylic acids is 1. The average Bonchev–Trinajstić information content (AvgIpc) is 2.72. The molecule has 2 nitrogen and oxygen atoms in total. The SMILES string of the molecule is C[B]O/C(=C\C(=O)c1ccc2ccccc2c1)c1ccc2ccccc2c1. The van der Waals surface area contributed by atoms with E-state index in [2.05, 4.69) is 12.1 Å². The highest BCUT2D eigenvalue weighted by Gasteiger charge is 2.10. The highest BCUT2D eigenvalue weighted by molar-refractivity contribution is 6.27. The predicted octanol–water partition coefficient (Wildman–Crippen LogP) is 5.90. The number of hydrogen-bond acceptors (Lipinski definition) is 2. The summed E-state index contributed by atoms with van der Waals surface area (Å²) in [5.74, 6) is 0.465. The molecule has 0 fully saturated rings. The van der Waals surface area contributed by atoms with Crippen molar-refractivity contribution in [3.05, 3.63) is 102 Å². The van der Waals surface area contributed by atoms with Gasteiger partial charge in [-0.15, -0.1) is 0 Å². The Morgan fingerprint density at radius 2 is 1.26 bits per heavy atom. The van der Waals surface area contributed by atoms with Crippen LogP contribution in [-0.2, 0) is 4.65 Å². The normalized spacial score (nSPS) is 11.5. The van der Waals surface area contributed by atoms with Gasteiger partial charge in [-0.3, -0.25) is 4.79 Å². The highest BCUT2D eigenvalue weighted by Crippen LogP contribution is 2.23. The zero-order valence-electron chi connectivity index (χ0n) is 15.1. The lowest BCUT2D eigenvalue weighted by molar-refractivity contribution is 0.104. The zero-order chi connectivity index (χ0) is 18.6. The summed E-state index contributed by atoms with van der Waals surface area (Å²) in [6, 6.07) is 27.9. The van der Waals surface area contributed by atoms with E-state index in [9.17, 15) is 4.79 Å². The number of carbonyl (C=O) groups is 1. The van der Waals surface area contributed by atoms with Gasteiger partial charge in [0, 0.05) is 17.2 Å². The predicted molar refractivity (Wildman–Crippen MR) is 113 cm³/mol. The molecule has 4 aromatic carbocycles. The Morgan fingerprint density at radius 3 is 1.85 bits per heavy atom. The van der Waals surface area contributed by atoms with Crippen LogP contribution in [0.2, 0.25) is 6.82 Å². The number of rotatable bonds is 5. The van der Waals surface area contributed by atoms with E-state index in [0.29, 0.717) is 11.3 Å². The van der Waals surface area contributed by atoms with E-state index < -0.39 is 0 Å². The van der Waals surface area contributed by atoms with Crippen molar-refractivity contribution in [2.24, 2.45) is 0 Å². The molecule has 27 heavy (non-hydrogen) atoms.